The van der Waals surface area contributed by atoms with E-state index in [1.165, 1.54) is 15.8 Å². The fraction of sp³-hybridized carbons (Fsp3) is 0.435. The Labute approximate surface area is 181 Å². The number of amides is 2. The van der Waals surface area contributed by atoms with E-state index in [0.29, 0.717) is 13.1 Å². The van der Waals surface area contributed by atoms with Crippen molar-refractivity contribution in [3.05, 3.63) is 46.1 Å². The number of urea groups is 1. The molecular formula is C23H29N5OS. The van der Waals surface area contributed by atoms with Gasteiger partial charge in [-0.25, -0.2) is 14.8 Å². The van der Waals surface area contributed by atoms with Gasteiger partial charge in [0.15, 0.2) is 0 Å². The number of benzene rings is 1. The minimum Gasteiger partial charge on any atom is -0.352 e. The lowest BCUT2D eigenvalue weighted by molar-refractivity contribution is 0.208. The Morgan fingerprint density at radius 3 is 2.50 bits per heavy atom. The van der Waals surface area contributed by atoms with E-state index in [9.17, 15) is 4.79 Å². The molecule has 3 aromatic rings. The molecule has 0 saturated carbocycles. The van der Waals surface area contributed by atoms with E-state index in [2.05, 4.69) is 44.0 Å². The highest BCUT2D eigenvalue weighted by atomic mass is 32.1. The zero-order chi connectivity index (χ0) is 21.3. The van der Waals surface area contributed by atoms with Gasteiger partial charge in [-0.05, 0) is 37.5 Å². The topological polar surface area (TPSA) is 61.4 Å². The molecule has 158 valence electrons. The van der Waals surface area contributed by atoms with Crippen LogP contribution in [-0.2, 0) is 12.8 Å². The molecule has 1 N–H and O–H groups in total. The third kappa shape index (κ3) is 3.86. The minimum atomic E-state index is -0.0276. The number of carbonyl (C=O) groups is 1. The van der Waals surface area contributed by atoms with Crippen molar-refractivity contribution in [1.82, 2.24) is 14.9 Å². The molecule has 4 rings (SSSR count). The number of nitrogens with one attached hydrogen (secondary N) is 1. The standard InChI is InChI=1S/C23H29N5OS/c1-5-17-9-7-8-10-18(17)24-23(29)28-13-11-27(12-14-28)21-20-15(3)16(4)30-22(20)26-19(6-2)25-21/h7-10H,5-6,11-14H2,1-4H3,(H,24,29). The number of nitrogens with zero attached hydrogens (tertiary/aromatic N) is 4. The number of piperazine rings is 1. The van der Waals surface area contributed by atoms with Crippen LogP contribution in [-0.4, -0.2) is 47.1 Å². The predicted molar refractivity (Wildman–Crippen MR) is 125 cm³/mol. The van der Waals surface area contributed by atoms with Crippen LogP contribution in [0.5, 0.6) is 0 Å². The Balaban J connectivity index is 1.50. The Morgan fingerprint density at radius 1 is 1.07 bits per heavy atom. The van der Waals surface area contributed by atoms with Crippen LogP contribution in [0.4, 0.5) is 16.3 Å². The molecule has 2 aromatic heterocycles. The van der Waals surface area contributed by atoms with Crippen molar-refractivity contribution < 1.29 is 4.79 Å². The van der Waals surface area contributed by atoms with E-state index in [1.54, 1.807) is 11.3 Å². The van der Waals surface area contributed by atoms with Crippen LogP contribution in [0.2, 0.25) is 0 Å². The van der Waals surface area contributed by atoms with E-state index < -0.39 is 0 Å². The SMILES string of the molecule is CCc1nc(N2CCN(C(=O)Nc3ccccc3CC)CC2)c2c(C)c(C)sc2n1. The predicted octanol–water partition coefficient (Wildman–Crippen LogP) is 4.79. The maximum Gasteiger partial charge on any atom is 0.321 e. The fourth-order valence-corrected chi connectivity index (χ4v) is 4.97. The molecule has 1 aromatic carbocycles. The third-order valence-electron chi connectivity index (χ3n) is 5.88. The summed E-state index contributed by atoms with van der Waals surface area (Å²) in [6.45, 7) is 11.4. The molecule has 0 atom stereocenters. The Hall–Kier alpha value is -2.67. The van der Waals surface area contributed by atoms with E-state index >= 15 is 0 Å². The van der Waals surface area contributed by atoms with Gasteiger partial charge in [-0.2, -0.15) is 0 Å². The first kappa shape index (κ1) is 20.6. The van der Waals surface area contributed by atoms with Gasteiger partial charge in [0.2, 0.25) is 0 Å². The molecule has 1 aliphatic heterocycles. The molecule has 1 saturated heterocycles. The summed E-state index contributed by atoms with van der Waals surface area (Å²) in [6.07, 6.45) is 1.71. The number of para-hydroxylation sites is 1. The number of aryl methyl sites for hydroxylation is 4. The van der Waals surface area contributed by atoms with Crippen molar-refractivity contribution >= 4 is 39.1 Å². The molecule has 0 radical (unpaired) electrons. The highest BCUT2D eigenvalue weighted by Gasteiger charge is 2.25. The summed E-state index contributed by atoms with van der Waals surface area (Å²) in [5.41, 5.74) is 3.33. The molecule has 7 heteroatoms. The molecule has 0 aliphatic carbocycles. The number of fused-ring (bicyclic) bond motifs is 1. The molecule has 0 bridgehead atoms. The van der Waals surface area contributed by atoms with E-state index in [4.69, 9.17) is 9.97 Å². The second kappa shape index (κ2) is 8.60. The Morgan fingerprint density at radius 2 is 1.80 bits per heavy atom. The number of hydrogen-bond donors (Lipinski definition) is 1. The summed E-state index contributed by atoms with van der Waals surface area (Å²) >= 11 is 1.74. The first-order valence-corrected chi connectivity index (χ1v) is 11.5. The molecule has 1 fully saturated rings. The van der Waals surface area contributed by atoms with Gasteiger partial charge in [0, 0.05) is 43.2 Å². The number of aromatic nitrogens is 2. The van der Waals surface area contributed by atoms with Crippen LogP contribution in [0, 0.1) is 13.8 Å². The third-order valence-corrected chi connectivity index (χ3v) is 6.98. The zero-order valence-corrected chi connectivity index (χ0v) is 19.0. The van der Waals surface area contributed by atoms with Crippen LogP contribution in [0.15, 0.2) is 24.3 Å². The van der Waals surface area contributed by atoms with Gasteiger partial charge in [0.05, 0.1) is 5.39 Å². The van der Waals surface area contributed by atoms with Crippen molar-refractivity contribution in [1.29, 1.82) is 0 Å². The summed E-state index contributed by atoms with van der Waals surface area (Å²) < 4.78 is 0. The van der Waals surface area contributed by atoms with Crippen molar-refractivity contribution in [3.8, 4) is 0 Å². The summed E-state index contributed by atoms with van der Waals surface area (Å²) in [5.74, 6) is 1.91. The highest BCUT2D eigenvalue weighted by Crippen LogP contribution is 2.35. The molecule has 0 spiro atoms. The first-order chi connectivity index (χ1) is 14.5. The number of hydrogen-bond acceptors (Lipinski definition) is 5. The molecule has 6 nitrogen and oxygen atoms in total. The van der Waals surface area contributed by atoms with Crippen molar-refractivity contribution in [2.24, 2.45) is 0 Å². The van der Waals surface area contributed by atoms with Gasteiger partial charge >= 0.3 is 6.03 Å². The monoisotopic (exact) mass is 423 g/mol. The summed E-state index contributed by atoms with van der Waals surface area (Å²) in [6, 6.07) is 7.97. The van der Waals surface area contributed by atoms with E-state index in [0.717, 1.165) is 53.7 Å². The molecular weight excluding hydrogens is 394 g/mol. The quantitative estimate of drug-likeness (QED) is 0.656. The first-order valence-electron chi connectivity index (χ1n) is 10.7. The molecule has 2 amide bonds. The van der Waals surface area contributed by atoms with E-state index in [1.807, 2.05) is 23.1 Å². The maximum absolute atomic E-state index is 12.8. The van der Waals surface area contributed by atoms with Crippen molar-refractivity contribution in [2.45, 2.75) is 40.5 Å². The fourth-order valence-electron chi connectivity index (χ4n) is 3.92. The minimum absolute atomic E-state index is 0.0276. The van der Waals surface area contributed by atoms with Gasteiger partial charge in [0.25, 0.3) is 0 Å². The van der Waals surface area contributed by atoms with Gasteiger partial charge < -0.3 is 15.1 Å². The van der Waals surface area contributed by atoms with Gasteiger partial charge in [-0.3, -0.25) is 0 Å². The van der Waals surface area contributed by atoms with E-state index in [-0.39, 0.29) is 6.03 Å². The Bertz CT molecular complexity index is 1070. The molecule has 3 heterocycles. The largest absolute Gasteiger partial charge is 0.352 e. The van der Waals surface area contributed by atoms with Crippen LogP contribution in [0.1, 0.15) is 35.7 Å². The van der Waals surface area contributed by atoms with Gasteiger partial charge in [-0.1, -0.05) is 32.0 Å². The highest BCUT2D eigenvalue weighted by molar-refractivity contribution is 7.18. The average Bonchev–Trinajstić information content (AvgIpc) is 3.07. The maximum atomic E-state index is 12.8. The number of thiophene rings is 1. The lowest BCUT2D eigenvalue weighted by atomic mass is 10.1. The zero-order valence-electron chi connectivity index (χ0n) is 18.2. The van der Waals surface area contributed by atoms with Gasteiger partial charge in [0.1, 0.15) is 16.5 Å². The van der Waals surface area contributed by atoms with Gasteiger partial charge in [-0.15, -0.1) is 11.3 Å². The Kier molecular flexibility index (Phi) is 5.90. The van der Waals surface area contributed by atoms with Crippen molar-refractivity contribution in [3.63, 3.8) is 0 Å². The second-order valence-electron chi connectivity index (χ2n) is 7.70. The molecule has 1 aliphatic rings. The number of carbonyl (C=O) groups excluding carboxylic acids is 1. The van der Waals surface area contributed by atoms with Crippen LogP contribution >= 0.6 is 11.3 Å². The van der Waals surface area contributed by atoms with Crippen LogP contribution in [0.3, 0.4) is 0 Å². The number of anilines is 2. The molecule has 0 unspecified atom stereocenters. The molecule has 30 heavy (non-hydrogen) atoms. The number of rotatable bonds is 4. The van der Waals surface area contributed by atoms with Crippen LogP contribution < -0.4 is 10.2 Å². The normalized spacial score (nSPS) is 14.4. The summed E-state index contributed by atoms with van der Waals surface area (Å²) in [5, 5.41) is 4.26. The van der Waals surface area contributed by atoms with Crippen LogP contribution in [0.25, 0.3) is 10.2 Å². The summed E-state index contributed by atoms with van der Waals surface area (Å²) in [4.78, 5) is 29.0. The lowest BCUT2D eigenvalue weighted by Crippen LogP contribution is -2.50. The average molecular weight is 424 g/mol. The van der Waals surface area contributed by atoms with Crippen molar-refractivity contribution in [2.75, 3.05) is 36.4 Å². The lowest BCUT2D eigenvalue weighted by Gasteiger charge is -2.36. The smallest absolute Gasteiger partial charge is 0.321 e. The summed E-state index contributed by atoms with van der Waals surface area (Å²) in [7, 11) is 0. The second-order valence-corrected chi connectivity index (χ2v) is 8.90.